The molecular formula is C22H19N5O3S. The molecule has 8 nitrogen and oxygen atoms in total. The number of aromatic nitrogens is 2. The van der Waals surface area contributed by atoms with Crippen LogP contribution in [0.25, 0.3) is 0 Å². The van der Waals surface area contributed by atoms with Crippen LogP contribution in [0.5, 0.6) is 5.75 Å². The lowest BCUT2D eigenvalue weighted by Crippen LogP contribution is -2.38. The fourth-order valence-corrected chi connectivity index (χ4v) is 4.01. The van der Waals surface area contributed by atoms with Gasteiger partial charge < -0.3 is 9.64 Å². The number of carbonyl (C=O) groups is 2. The second-order valence-electron chi connectivity index (χ2n) is 6.86. The summed E-state index contributed by atoms with van der Waals surface area (Å²) < 4.78 is 5.47. The Morgan fingerprint density at radius 1 is 1.29 bits per heavy atom. The summed E-state index contributed by atoms with van der Waals surface area (Å²) in [6.07, 6.45) is 3.59. The third-order valence-electron chi connectivity index (χ3n) is 4.75. The highest BCUT2D eigenvalue weighted by Gasteiger charge is 2.27. The second kappa shape index (κ2) is 9.36. The number of nitrogens with zero attached hydrogens (tertiary/aromatic N) is 5. The van der Waals surface area contributed by atoms with E-state index in [1.807, 2.05) is 30.3 Å². The Morgan fingerprint density at radius 2 is 2.16 bits per heavy atom. The summed E-state index contributed by atoms with van der Waals surface area (Å²) in [6.45, 7) is 0.877. The molecule has 156 valence electrons. The monoisotopic (exact) mass is 433 g/mol. The van der Waals surface area contributed by atoms with Gasteiger partial charge in [0.25, 0.3) is 11.8 Å². The number of carbonyl (C=O) groups excluding carboxylic acids is 2. The van der Waals surface area contributed by atoms with Crippen molar-refractivity contribution < 1.29 is 14.3 Å². The van der Waals surface area contributed by atoms with Crippen LogP contribution in [0.15, 0.2) is 54.2 Å². The number of benzene rings is 1. The quantitative estimate of drug-likeness (QED) is 0.568. The van der Waals surface area contributed by atoms with E-state index in [-0.39, 0.29) is 31.4 Å². The number of pyridine rings is 1. The Labute approximate surface area is 183 Å². The van der Waals surface area contributed by atoms with E-state index in [4.69, 9.17) is 10.00 Å². The van der Waals surface area contributed by atoms with Gasteiger partial charge in [0.2, 0.25) is 0 Å². The van der Waals surface area contributed by atoms with E-state index in [2.05, 4.69) is 16.0 Å². The average molecular weight is 433 g/mol. The van der Waals surface area contributed by atoms with Crippen LogP contribution in [0.2, 0.25) is 0 Å². The number of ether oxygens (including phenoxy) is 1. The minimum Gasteiger partial charge on any atom is -0.482 e. The molecular weight excluding hydrogens is 414 g/mol. The largest absolute Gasteiger partial charge is 0.482 e. The number of hydrogen-bond donors (Lipinski definition) is 0. The molecule has 0 saturated heterocycles. The Morgan fingerprint density at radius 3 is 2.97 bits per heavy atom. The first-order valence-corrected chi connectivity index (χ1v) is 10.6. The Bertz CT molecular complexity index is 1130. The van der Waals surface area contributed by atoms with Gasteiger partial charge in [-0.3, -0.25) is 19.5 Å². The van der Waals surface area contributed by atoms with Gasteiger partial charge in [-0.25, -0.2) is 4.98 Å². The zero-order valence-electron chi connectivity index (χ0n) is 16.6. The van der Waals surface area contributed by atoms with Crippen molar-refractivity contribution in [1.82, 2.24) is 14.9 Å². The van der Waals surface area contributed by atoms with Crippen molar-refractivity contribution in [3.63, 3.8) is 0 Å². The van der Waals surface area contributed by atoms with E-state index < -0.39 is 0 Å². The molecule has 0 saturated carbocycles. The first-order chi connectivity index (χ1) is 15.2. The zero-order chi connectivity index (χ0) is 21.6. The number of fused-ring (bicyclic) bond motifs is 1. The number of para-hydroxylation sites is 2. The molecule has 0 fully saturated rings. The fourth-order valence-electron chi connectivity index (χ4n) is 3.26. The Hall–Kier alpha value is -3.77. The van der Waals surface area contributed by atoms with Crippen molar-refractivity contribution in [3.05, 3.63) is 70.4 Å². The summed E-state index contributed by atoms with van der Waals surface area (Å²) in [4.78, 5) is 37.2. The minimum absolute atomic E-state index is 0.0266. The van der Waals surface area contributed by atoms with E-state index in [0.717, 1.165) is 5.56 Å². The van der Waals surface area contributed by atoms with Gasteiger partial charge >= 0.3 is 0 Å². The van der Waals surface area contributed by atoms with Gasteiger partial charge in [-0.05, 0) is 23.8 Å². The molecule has 1 aliphatic heterocycles. The maximum Gasteiger partial charge on any atom is 0.273 e. The van der Waals surface area contributed by atoms with E-state index in [9.17, 15) is 9.59 Å². The number of amides is 2. The van der Waals surface area contributed by atoms with E-state index in [1.54, 1.807) is 33.6 Å². The predicted molar refractivity (Wildman–Crippen MR) is 114 cm³/mol. The molecule has 0 atom stereocenters. The van der Waals surface area contributed by atoms with Crippen LogP contribution in [-0.4, -0.2) is 39.8 Å². The third-order valence-corrected chi connectivity index (χ3v) is 5.58. The van der Waals surface area contributed by atoms with E-state index in [0.29, 0.717) is 35.2 Å². The minimum atomic E-state index is -0.254. The van der Waals surface area contributed by atoms with Gasteiger partial charge in [0.15, 0.2) is 6.61 Å². The molecule has 1 aromatic carbocycles. The maximum atomic E-state index is 13.1. The molecule has 3 aromatic rings. The van der Waals surface area contributed by atoms with Gasteiger partial charge in [-0.15, -0.1) is 11.3 Å². The summed E-state index contributed by atoms with van der Waals surface area (Å²) in [7, 11) is 0. The number of anilines is 1. The summed E-state index contributed by atoms with van der Waals surface area (Å²) in [6, 6.07) is 13.1. The van der Waals surface area contributed by atoms with Gasteiger partial charge in [-0.2, -0.15) is 5.26 Å². The van der Waals surface area contributed by atoms with Gasteiger partial charge in [0.05, 0.1) is 24.7 Å². The van der Waals surface area contributed by atoms with E-state index >= 15 is 0 Å². The van der Waals surface area contributed by atoms with E-state index in [1.165, 1.54) is 11.3 Å². The Balaban J connectivity index is 1.51. The predicted octanol–water partition coefficient (Wildman–Crippen LogP) is 3.02. The third kappa shape index (κ3) is 4.70. The highest BCUT2D eigenvalue weighted by Crippen LogP contribution is 2.33. The fraction of sp³-hybridized carbons (Fsp3) is 0.227. The lowest BCUT2D eigenvalue weighted by molar-refractivity contribution is -0.121. The molecule has 0 bridgehead atoms. The number of thiazole rings is 1. The second-order valence-corrected chi connectivity index (χ2v) is 7.80. The molecule has 31 heavy (non-hydrogen) atoms. The maximum absolute atomic E-state index is 13.1. The van der Waals surface area contributed by atoms with Gasteiger partial charge in [-0.1, -0.05) is 18.2 Å². The van der Waals surface area contributed by atoms with Crippen LogP contribution in [0, 0.1) is 11.3 Å². The van der Waals surface area contributed by atoms with Crippen LogP contribution in [-0.2, 0) is 17.9 Å². The smallest absolute Gasteiger partial charge is 0.273 e. The summed E-state index contributed by atoms with van der Waals surface area (Å²) in [5.74, 6) is 0.235. The summed E-state index contributed by atoms with van der Waals surface area (Å²) in [5, 5.41) is 11.3. The first-order valence-electron chi connectivity index (χ1n) is 9.67. The molecule has 0 spiro atoms. The van der Waals surface area contributed by atoms with Crippen molar-refractivity contribution >= 4 is 28.8 Å². The number of nitriles is 1. The Kier molecular flexibility index (Phi) is 6.19. The topological polar surface area (TPSA) is 99.4 Å². The van der Waals surface area contributed by atoms with Crippen LogP contribution >= 0.6 is 11.3 Å². The molecule has 1 aliphatic rings. The van der Waals surface area contributed by atoms with Gasteiger partial charge in [0, 0.05) is 30.9 Å². The molecule has 4 rings (SSSR count). The highest BCUT2D eigenvalue weighted by atomic mass is 32.1. The number of hydrogen-bond acceptors (Lipinski definition) is 7. The highest BCUT2D eigenvalue weighted by molar-refractivity contribution is 7.09. The van der Waals surface area contributed by atoms with Crippen molar-refractivity contribution in [2.75, 3.05) is 18.1 Å². The van der Waals surface area contributed by atoms with Crippen LogP contribution in [0.4, 0.5) is 5.69 Å². The molecule has 0 radical (unpaired) electrons. The number of rotatable bonds is 7. The lowest BCUT2D eigenvalue weighted by Gasteiger charge is -2.28. The van der Waals surface area contributed by atoms with Gasteiger partial charge in [0.1, 0.15) is 16.5 Å². The molecule has 3 heterocycles. The van der Waals surface area contributed by atoms with Crippen molar-refractivity contribution in [3.8, 4) is 11.8 Å². The normalized spacial score (nSPS) is 12.6. The summed E-state index contributed by atoms with van der Waals surface area (Å²) in [5.41, 5.74) is 1.87. The van der Waals surface area contributed by atoms with Crippen molar-refractivity contribution in [1.29, 1.82) is 5.26 Å². The molecule has 9 heteroatoms. The van der Waals surface area contributed by atoms with Crippen molar-refractivity contribution in [2.45, 2.75) is 19.5 Å². The molecule has 0 unspecified atom stereocenters. The SMILES string of the molecule is N#CCCN(Cc1cccnc1)C(=O)c1csc(CN2C(=O)COc3ccccc32)n1. The molecule has 0 N–H and O–H groups in total. The van der Waals surface area contributed by atoms with Crippen LogP contribution in [0.1, 0.15) is 27.5 Å². The van der Waals surface area contributed by atoms with Crippen LogP contribution < -0.4 is 9.64 Å². The lowest BCUT2D eigenvalue weighted by atomic mass is 10.2. The standard InChI is InChI=1S/C22H19N5O3S/c23-8-4-10-26(12-16-5-3-9-24-11-16)22(29)17-15-31-20(25-17)13-27-18-6-1-2-7-19(18)30-14-21(27)28/h1-3,5-7,9,11,15H,4,10,12-14H2. The first kappa shape index (κ1) is 20.5. The molecule has 2 aromatic heterocycles. The average Bonchev–Trinajstić information content (AvgIpc) is 3.27. The molecule has 0 aliphatic carbocycles. The van der Waals surface area contributed by atoms with Crippen molar-refractivity contribution in [2.24, 2.45) is 0 Å². The zero-order valence-corrected chi connectivity index (χ0v) is 17.4. The molecule has 2 amide bonds. The van der Waals surface area contributed by atoms with Crippen LogP contribution in [0.3, 0.4) is 0 Å². The summed E-state index contributed by atoms with van der Waals surface area (Å²) >= 11 is 1.33.